The number of aliphatic imine (C=N–C) groups is 1. The van der Waals surface area contributed by atoms with E-state index in [1.165, 1.54) is 11.8 Å². The minimum Gasteiger partial charge on any atom is -0.302 e. The van der Waals surface area contributed by atoms with Gasteiger partial charge < -0.3 is 4.90 Å². The molecule has 2 unspecified atom stereocenters. The largest absolute Gasteiger partial charge is 0.328 e. The zero-order valence-electron chi connectivity index (χ0n) is 16.0. The topological polar surface area (TPSA) is 76.5 Å². The number of imide groups is 1. The summed E-state index contributed by atoms with van der Waals surface area (Å²) in [7, 11) is 1.60. The predicted molar refractivity (Wildman–Crippen MR) is 105 cm³/mol. The van der Waals surface area contributed by atoms with Crippen LogP contribution in [0, 0.1) is 0 Å². The van der Waals surface area contributed by atoms with Crippen LogP contribution < -0.4 is 4.90 Å². The second-order valence-corrected chi connectivity index (χ2v) is 7.60. The summed E-state index contributed by atoms with van der Waals surface area (Å²) < 4.78 is 0. The van der Waals surface area contributed by atoms with Crippen molar-refractivity contribution in [1.29, 1.82) is 0 Å². The van der Waals surface area contributed by atoms with Crippen LogP contribution in [-0.2, 0) is 9.59 Å². The molecule has 1 aromatic rings. The van der Waals surface area contributed by atoms with Gasteiger partial charge in [0.1, 0.15) is 5.78 Å². The maximum Gasteiger partial charge on any atom is 0.328 e. The first kappa shape index (κ1) is 18.5. The summed E-state index contributed by atoms with van der Waals surface area (Å²) >= 11 is 6.16. The molecule has 0 spiro atoms. The SMILES string of the molecule is CC(=O)CN1C(=O)C2C(N=C3N(c4cccc(Cl)c4)C(C)=C(C)N32)N(C)C1=O. The van der Waals surface area contributed by atoms with E-state index in [2.05, 4.69) is 0 Å². The van der Waals surface area contributed by atoms with Gasteiger partial charge in [-0.1, -0.05) is 17.7 Å². The van der Waals surface area contributed by atoms with Crippen molar-refractivity contribution >= 4 is 41.0 Å². The monoisotopic (exact) mass is 401 g/mol. The standard InChI is InChI=1S/C19H20ClN5O3/c1-10(26)9-23-17(27)15-16(22(4)19(23)28)21-18-24(11(2)12(3)25(15)18)14-7-5-6-13(20)8-14/h5-8,15-16H,9H2,1-4H3. The van der Waals surface area contributed by atoms with Gasteiger partial charge in [-0.25, -0.2) is 9.79 Å². The van der Waals surface area contributed by atoms with Crippen LogP contribution >= 0.6 is 11.6 Å². The lowest BCUT2D eigenvalue weighted by molar-refractivity contribution is -0.139. The van der Waals surface area contributed by atoms with Gasteiger partial charge in [-0.05, 0) is 39.0 Å². The second kappa shape index (κ2) is 6.34. The molecule has 3 aliphatic heterocycles. The number of fused-ring (bicyclic) bond motifs is 3. The van der Waals surface area contributed by atoms with Crippen LogP contribution in [0.3, 0.4) is 0 Å². The van der Waals surface area contributed by atoms with E-state index in [1.54, 1.807) is 13.1 Å². The van der Waals surface area contributed by atoms with Crippen LogP contribution in [0.15, 0.2) is 40.7 Å². The molecule has 1 aromatic carbocycles. The normalized spacial score (nSPS) is 24.1. The molecular weight excluding hydrogens is 382 g/mol. The molecule has 28 heavy (non-hydrogen) atoms. The minimum atomic E-state index is -0.698. The maximum absolute atomic E-state index is 13.1. The smallest absolute Gasteiger partial charge is 0.302 e. The summed E-state index contributed by atoms with van der Waals surface area (Å²) in [4.78, 5) is 48.3. The average molecular weight is 402 g/mol. The van der Waals surface area contributed by atoms with E-state index in [0.29, 0.717) is 11.0 Å². The highest BCUT2D eigenvalue weighted by atomic mass is 35.5. The van der Waals surface area contributed by atoms with Crippen molar-refractivity contribution in [3.8, 4) is 0 Å². The minimum absolute atomic E-state index is 0.242. The molecule has 3 amide bonds. The van der Waals surface area contributed by atoms with Gasteiger partial charge in [-0.2, -0.15) is 0 Å². The summed E-state index contributed by atoms with van der Waals surface area (Å²) in [5.74, 6) is -0.0924. The number of benzene rings is 1. The van der Waals surface area contributed by atoms with E-state index in [1.807, 2.05) is 41.8 Å². The first-order valence-corrected chi connectivity index (χ1v) is 9.28. The van der Waals surface area contributed by atoms with E-state index in [-0.39, 0.29) is 12.3 Å². The third kappa shape index (κ3) is 2.51. The summed E-state index contributed by atoms with van der Waals surface area (Å²) in [6, 6.07) is 6.16. The maximum atomic E-state index is 13.1. The highest BCUT2D eigenvalue weighted by molar-refractivity contribution is 6.31. The number of guanidine groups is 1. The Kier molecular flexibility index (Phi) is 4.19. The number of urea groups is 1. The molecule has 0 aliphatic carbocycles. The van der Waals surface area contributed by atoms with Crippen LogP contribution in [0.25, 0.3) is 0 Å². The first-order chi connectivity index (χ1) is 13.2. The number of hydrogen-bond donors (Lipinski definition) is 0. The Bertz CT molecular complexity index is 972. The molecule has 1 saturated heterocycles. The number of halogens is 1. The number of carbonyl (C=O) groups excluding carboxylic acids is 3. The number of ketones is 1. The highest BCUT2D eigenvalue weighted by Crippen LogP contribution is 2.40. The van der Waals surface area contributed by atoms with E-state index in [9.17, 15) is 14.4 Å². The van der Waals surface area contributed by atoms with Gasteiger partial charge in [-0.3, -0.25) is 24.3 Å². The Morgan fingerprint density at radius 2 is 1.93 bits per heavy atom. The Hall–Kier alpha value is -2.87. The molecule has 0 aromatic heterocycles. The Morgan fingerprint density at radius 3 is 2.57 bits per heavy atom. The van der Waals surface area contributed by atoms with Crippen LogP contribution in [0.5, 0.6) is 0 Å². The fourth-order valence-corrected chi connectivity index (χ4v) is 4.09. The highest BCUT2D eigenvalue weighted by Gasteiger charge is 2.56. The molecular formula is C19H20ClN5O3. The molecule has 3 aliphatic rings. The van der Waals surface area contributed by atoms with E-state index < -0.39 is 24.1 Å². The van der Waals surface area contributed by atoms with Crippen molar-refractivity contribution in [3.05, 3.63) is 40.7 Å². The number of anilines is 1. The van der Waals surface area contributed by atoms with Gasteiger partial charge in [-0.15, -0.1) is 0 Å². The second-order valence-electron chi connectivity index (χ2n) is 7.16. The van der Waals surface area contributed by atoms with Crippen molar-refractivity contribution in [1.82, 2.24) is 14.7 Å². The van der Waals surface area contributed by atoms with Gasteiger partial charge in [0, 0.05) is 23.5 Å². The molecule has 1 fully saturated rings. The Morgan fingerprint density at radius 1 is 1.21 bits per heavy atom. The molecule has 8 nitrogen and oxygen atoms in total. The van der Waals surface area contributed by atoms with E-state index >= 15 is 0 Å². The van der Waals surface area contributed by atoms with Crippen molar-refractivity contribution in [2.24, 2.45) is 4.99 Å². The summed E-state index contributed by atoms with van der Waals surface area (Å²) in [5, 5.41) is 0.591. The number of carbonyl (C=O) groups is 3. The lowest BCUT2D eigenvalue weighted by atomic mass is 10.1. The fourth-order valence-electron chi connectivity index (χ4n) is 3.91. The number of likely N-dealkylation sites (N-methyl/N-ethyl adjacent to an activating group) is 1. The van der Waals surface area contributed by atoms with Crippen LogP contribution in [0.1, 0.15) is 20.8 Å². The van der Waals surface area contributed by atoms with Gasteiger partial charge in [0.2, 0.25) is 5.96 Å². The summed E-state index contributed by atoms with van der Waals surface area (Å²) in [5.41, 5.74) is 2.61. The van der Waals surface area contributed by atoms with Crippen LogP contribution in [0.2, 0.25) is 5.02 Å². The molecule has 2 atom stereocenters. The van der Waals surface area contributed by atoms with E-state index in [4.69, 9.17) is 16.6 Å². The van der Waals surface area contributed by atoms with E-state index in [0.717, 1.165) is 22.0 Å². The third-order valence-corrected chi connectivity index (χ3v) is 5.57. The summed E-state index contributed by atoms with van der Waals surface area (Å²) in [6.45, 7) is 4.97. The van der Waals surface area contributed by atoms with Gasteiger partial charge in [0.25, 0.3) is 5.91 Å². The van der Waals surface area contributed by atoms with Gasteiger partial charge in [0.15, 0.2) is 12.2 Å². The number of hydrogen-bond acceptors (Lipinski definition) is 6. The molecule has 4 rings (SSSR count). The van der Waals surface area contributed by atoms with Crippen LogP contribution in [0.4, 0.5) is 10.5 Å². The zero-order valence-corrected chi connectivity index (χ0v) is 16.8. The third-order valence-electron chi connectivity index (χ3n) is 5.34. The molecule has 3 heterocycles. The quantitative estimate of drug-likeness (QED) is 0.776. The summed E-state index contributed by atoms with van der Waals surface area (Å²) in [6.07, 6.45) is -0.650. The van der Waals surface area contributed by atoms with Gasteiger partial charge >= 0.3 is 6.03 Å². The molecule has 0 saturated carbocycles. The molecule has 146 valence electrons. The van der Waals surface area contributed by atoms with Gasteiger partial charge in [0.05, 0.1) is 12.2 Å². The van der Waals surface area contributed by atoms with Crippen molar-refractivity contribution in [3.63, 3.8) is 0 Å². The predicted octanol–water partition coefficient (Wildman–Crippen LogP) is 2.26. The number of Topliss-reactive ketones (excluding diaryl/α,β-unsaturated/α-hetero) is 1. The molecule has 9 heteroatoms. The average Bonchev–Trinajstić information content (AvgIpc) is 3.13. The molecule has 0 N–H and O–H groups in total. The molecule has 0 radical (unpaired) electrons. The Labute approximate surface area is 167 Å². The van der Waals surface area contributed by atoms with Crippen molar-refractivity contribution in [2.45, 2.75) is 33.0 Å². The number of nitrogens with zero attached hydrogens (tertiary/aromatic N) is 5. The first-order valence-electron chi connectivity index (χ1n) is 8.90. The lowest BCUT2D eigenvalue weighted by Gasteiger charge is -2.40. The van der Waals surface area contributed by atoms with Crippen LogP contribution in [-0.4, -0.2) is 64.2 Å². The van der Waals surface area contributed by atoms with Crippen molar-refractivity contribution in [2.75, 3.05) is 18.5 Å². The Balaban J connectivity index is 1.78. The zero-order chi connectivity index (χ0) is 20.3. The number of rotatable bonds is 3. The number of allylic oxidation sites excluding steroid dienone is 2. The molecule has 0 bridgehead atoms. The number of amides is 3. The fraction of sp³-hybridized carbons (Fsp3) is 0.368. The van der Waals surface area contributed by atoms with Crippen molar-refractivity contribution < 1.29 is 14.4 Å². The lowest BCUT2D eigenvalue weighted by Crippen LogP contribution is -2.65.